The molecule has 2 aromatic carbocycles. The third-order valence-electron chi connectivity index (χ3n) is 3.81. The van der Waals surface area contributed by atoms with Gasteiger partial charge in [-0.1, -0.05) is 24.3 Å². The second kappa shape index (κ2) is 7.67. The number of fused-ring (bicyclic) bond motifs is 1. The number of aryl methyl sites for hydroxylation is 1. The number of ether oxygens (including phenoxy) is 1. The maximum Gasteiger partial charge on any atom is 0.306 e. The molecule has 0 bridgehead atoms. The van der Waals surface area contributed by atoms with Gasteiger partial charge in [0.15, 0.2) is 12.2 Å². The average Bonchev–Trinajstić information content (AvgIpc) is 3.08. The fourth-order valence-electron chi connectivity index (χ4n) is 2.40. The van der Waals surface area contributed by atoms with Crippen LogP contribution in [-0.4, -0.2) is 26.4 Å². The zero-order valence-electron chi connectivity index (χ0n) is 14.1. The highest BCUT2D eigenvalue weighted by atomic mass is 32.2. The molecule has 0 saturated heterocycles. The molecule has 0 saturated carbocycles. The molecule has 0 fully saturated rings. The molecule has 0 unspecified atom stereocenters. The first-order valence-electron chi connectivity index (χ1n) is 8.00. The first-order valence-corrected chi connectivity index (χ1v) is 9.49. The van der Waals surface area contributed by atoms with Gasteiger partial charge in [0.1, 0.15) is 5.52 Å². The lowest BCUT2D eigenvalue weighted by atomic mass is 10.1. The Hall–Kier alpha value is -2.71. The van der Waals surface area contributed by atoms with Crippen molar-refractivity contribution in [2.24, 2.45) is 0 Å². The molecule has 3 rings (SSSR count). The summed E-state index contributed by atoms with van der Waals surface area (Å²) in [6.07, 6.45) is 0.630. The zero-order chi connectivity index (χ0) is 18.6. The van der Waals surface area contributed by atoms with E-state index in [9.17, 15) is 13.2 Å². The molecule has 8 heteroatoms. The first kappa shape index (κ1) is 18.1. The number of rotatable bonds is 7. The van der Waals surface area contributed by atoms with Crippen LogP contribution in [0.3, 0.4) is 0 Å². The van der Waals surface area contributed by atoms with E-state index in [1.165, 1.54) is 19.2 Å². The van der Waals surface area contributed by atoms with E-state index >= 15 is 0 Å². The minimum atomic E-state index is -3.46. The topological polar surface area (TPSA) is 98.5 Å². The zero-order valence-corrected chi connectivity index (χ0v) is 15.0. The van der Waals surface area contributed by atoms with Crippen LogP contribution < -0.4 is 4.72 Å². The van der Waals surface area contributed by atoms with E-state index in [2.05, 4.69) is 9.71 Å². The van der Waals surface area contributed by atoms with E-state index < -0.39 is 10.0 Å². The molecule has 1 N–H and O–H groups in total. The number of hydrogen-bond acceptors (Lipinski definition) is 6. The van der Waals surface area contributed by atoms with E-state index in [-0.39, 0.29) is 23.9 Å². The standard InChI is InChI=1S/C18H18N2O5S/c1-19-26(22,23)14-9-6-13(7-10-14)8-11-18(21)24-12-17-20-15-4-2-3-5-16(15)25-17/h2-7,9-10,19H,8,11-12H2,1H3. The van der Waals surface area contributed by atoms with Crippen LogP contribution in [0.25, 0.3) is 11.1 Å². The number of sulfonamides is 1. The summed E-state index contributed by atoms with van der Waals surface area (Å²) in [5, 5.41) is 0. The Morgan fingerprint density at radius 2 is 1.88 bits per heavy atom. The first-order chi connectivity index (χ1) is 12.5. The molecule has 0 aliphatic heterocycles. The predicted molar refractivity (Wildman–Crippen MR) is 94.8 cm³/mol. The molecule has 0 aliphatic carbocycles. The van der Waals surface area contributed by atoms with Crippen LogP contribution in [0.15, 0.2) is 57.8 Å². The summed E-state index contributed by atoms with van der Waals surface area (Å²) >= 11 is 0. The smallest absolute Gasteiger partial charge is 0.306 e. The maximum atomic E-state index is 11.9. The minimum absolute atomic E-state index is 0.0210. The molecule has 0 aliphatic rings. The highest BCUT2D eigenvalue weighted by molar-refractivity contribution is 7.89. The summed E-state index contributed by atoms with van der Waals surface area (Å²) in [7, 11) is -2.10. The molecule has 1 aromatic heterocycles. The maximum absolute atomic E-state index is 11.9. The van der Waals surface area contributed by atoms with Crippen molar-refractivity contribution in [1.82, 2.24) is 9.71 Å². The Morgan fingerprint density at radius 3 is 2.58 bits per heavy atom. The van der Waals surface area contributed by atoms with Crippen LogP contribution >= 0.6 is 0 Å². The lowest BCUT2D eigenvalue weighted by molar-refractivity contribution is -0.145. The van der Waals surface area contributed by atoms with Gasteiger partial charge >= 0.3 is 5.97 Å². The van der Waals surface area contributed by atoms with Gasteiger partial charge in [0, 0.05) is 6.42 Å². The van der Waals surface area contributed by atoms with E-state index in [1.807, 2.05) is 18.2 Å². The van der Waals surface area contributed by atoms with E-state index in [4.69, 9.17) is 9.15 Å². The van der Waals surface area contributed by atoms with Gasteiger partial charge in [-0.05, 0) is 43.3 Å². The molecular weight excluding hydrogens is 356 g/mol. The molecule has 0 atom stereocenters. The summed E-state index contributed by atoms with van der Waals surface area (Å²) in [6.45, 7) is -0.0210. The van der Waals surface area contributed by atoms with Gasteiger partial charge in [-0.3, -0.25) is 4.79 Å². The largest absolute Gasteiger partial charge is 0.456 e. The average molecular weight is 374 g/mol. The van der Waals surface area contributed by atoms with Crippen LogP contribution in [0.4, 0.5) is 0 Å². The van der Waals surface area contributed by atoms with Crippen molar-refractivity contribution in [2.75, 3.05) is 7.05 Å². The van der Waals surface area contributed by atoms with Crippen molar-refractivity contribution < 1.29 is 22.4 Å². The molecule has 26 heavy (non-hydrogen) atoms. The number of esters is 1. The van der Waals surface area contributed by atoms with E-state index in [0.29, 0.717) is 17.9 Å². The lowest BCUT2D eigenvalue weighted by Gasteiger charge is -2.05. The van der Waals surface area contributed by atoms with E-state index in [0.717, 1.165) is 11.1 Å². The van der Waals surface area contributed by atoms with Crippen molar-refractivity contribution in [2.45, 2.75) is 24.3 Å². The van der Waals surface area contributed by atoms with Crippen LogP contribution in [0, 0.1) is 0 Å². The molecule has 0 radical (unpaired) electrons. The molecule has 0 amide bonds. The third kappa shape index (κ3) is 4.27. The number of aromatic nitrogens is 1. The Balaban J connectivity index is 1.51. The van der Waals surface area contributed by atoms with Gasteiger partial charge < -0.3 is 9.15 Å². The molecule has 136 valence electrons. The van der Waals surface area contributed by atoms with Crippen LogP contribution in [0.5, 0.6) is 0 Å². The van der Waals surface area contributed by atoms with Gasteiger partial charge in [-0.15, -0.1) is 0 Å². The molecule has 3 aromatic rings. The van der Waals surface area contributed by atoms with Gasteiger partial charge in [0.25, 0.3) is 0 Å². The summed E-state index contributed by atoms with van der Waals surface area (Å²) in [4.78, 5) is 16.3. The van der Waals surface area contributed by atoms with Gasteiger partial charge in [0.05, 0.1) is 4.90 Å². The number of carbonyl (C=O) groups excluding carboxylic acids is 1. The quantitative estimate of drug-likeness (QED) is 0.638. The summed E-state index contributed by atoms with van der Waals surface area (Å²) in [5.41, 5.74) is 2.21. The number of carbonyl (C=O) groups is 1. The Morgan fingerprint density at radius 1 is 1.15 bits per heavy atom. The van der Waals surface area contributed by atoms with Crippen molar-refractivity contribution in [3.05, 3.63) is 60.0 Å². The Bertz CT molecular complexity index is 976. The van der Waals surface area contributed by atoms with Crippen molar-refractivity contribution in [3.63, 3.8) is 0 Å². The third-order valence-corrected chi connectivity index (χ3v) is 5.25. The van der Waals surface area contributed by atoms with Crippen molar-refractivity contribution >= 4 is 27.1 Å². The summed E-state index contributed by atoms with van der Waals surface area (Å²) in [6, 6.07) is 13.7. The SMILES string of the molecule is CNS(=O)(=O)c1ccc(CCC(=O)OCc2nc3ccccc3o2)cc1. The predicted octanol–water partition coefficient (Wildman–Crippen LogP) is 2.41. The highest BCUT2D eigenvalue weighted by Gasteiger charge is 2.12. The van der Waals surface area contributed by atoms with Crippen LogP contribution in [-0.2, 0) is 32.6 Å². The molecule has 0 spiro atoms. The summed E-state index contributed by atoms with van der Waals surface area (Å²) in [5.74, 6) is -0.0274. The van der Waals surface area contributed by atoms with Gasteiger partial charge in [0.2, 0.25) is 15.9 Å². The fourth-order valence-corrected chi connectivity index (χ4v) is 3.13. The number of oxazole rings is 1. The van der Waals surface area contributed by atoms with Crippen molar-refractivity contribution in [3.8, 4) is 0 Å². The Kier molecular flexibility index (Phi) is 5.34. The number of para-hydroxylation sites is 2. The number of benzene rings is 2. The van der Waals surface area contributed by atoms with Crippen LogP contribution in [0.2, 0.25) is 0 Å². The Labute approximate surface area is 151 Å². The van der Waals surface area contributed by atoms with Gasteiger partial charge in [-0.25, -0.2) is 18.1 Å². The number of nitrogens with zero attached hydrogens (tertiary/aromatic N) is 1. The fraction of sp³-hybridized carbons (Fsp3) is 0.222. The minimum Gasteiger partial charge on any atom is -0.456 e. The second-order valence-corrected chi connectivity index (χ2v) is 7.47. The van der Waals surface area contributed by atoms with Gasteiger partial charge in [-0.2, -0.15) is 0 Å². The normalized spacial score (nSPS) is 11.6. The summed E-state index contributed by atoms with van der Waals surface area (Å²) < 4.78 is 36.2. The molecule has 7 nitrogen and oxygen atoms in total. The number of hydrogen-bond donors (Lipinski definition) is 1. The van der Waals surface area contributed by atoms with E-state index in [1.54, 1.807) is 18.2 Å². The molecular formula is C18H18N2O5S. The highest BCUT2D eigenvalue weighted by Crippen LogP contribution is 2.16. The second-order valence-electron chi connectivity index (χ2n) is 5.59. The monoisotopic (exact) mass is 374 g/mol. The number of nitrogens with one attached hydrogen (secondary N) is 1. The molecule has 1 heterocycles. The van der Waals surface area contributed by atoms with Crippen molar-refractivity contribution in [1.29, 1.82) is 0 Å². The lowest BCUT2D eigenvalue weighted by Crippen LogP contribution is -2.18. The van der Waals surface area contributed by atoms with Crippen LogP contribution in [0.1, 0.15) is 17.9 Å².